The Balaban J connectivity index is 1.25. The van der Waals surface area contributed by atoms with Crippen LogP contribution in [0.15, 0.2) is 164 Å². The van der Waals surface area contributed by atoms with Crippen molar-refractivity contribution in [3.63, 3.8) is 0 Å². The highest BCUT2D eigenvalue weighted by molar-refractivity contribution is 6.04. The summed E-state index contributed by atoms with van der Waals surface area (Å²) < 4.78 is 17.2. The molecule has 7 nitrogen and oxygen atoms in total. The molecule has 0 N–H and O–H groups in total. The average molecular weight is 757 g/mol. The van der Waals surface area contributed by atoms with Crippen LogP contribution in [0.4, 0.5) is 0 Å². The number of carbonyl (C=O) groups excluding carboxylic acids is 4. The van der Waals surface area contributed by atoms with Crippen molar-refractivity contribution in [2.75, 3.05) is 7.11 Å². The zero-order valence-electron chi connectivity index (χ0n) is 31.8. The van der Waals surface area contributed by atoms with Gasteiger partial charge in [0.1, 0.15) is 12.2 Å². The number of methoxy groups -OCH3 is 1. The third kappa shape index (κ3) is 11.4. The van der Waals surface area contributed by atoms with Gasteiger partial charge in [-0.3, -0.25) is 9.59 Å². The van der Waals surface area contributed by atoms with Crippen LogP contribution in [0.5, 0.6) is 0 Å². The number of esters is 3. The molecule has 0 aliphatic heterocycles. The largest absolute Gasteiger partial charge is 0.469 e. The fourth-order valence-electron chi connectivity index (χ4n) is 6.92. The van der Waals surface area contributed by atoms with Crippen LogP contribution in [0.3, 0.4) is 0 Å². The van der Waals surface area contributed by atoms with Crippen LogP contribution < -0.4 is 0 Å². The lowest BCUT2D eigenvalue weighted by molar-refractivity contribution is -0.140. The summed E-state index contributed by atoms with van der Waals surface area (Å²) in [5, 5.41) is 0. The first kappa shape index (κ1) is 39.9. The summed E-state index contributed by atoms with van der Waals surface area (Å²) in [7, 11) is 1.37. The van der Waals surface area contributed by atoms with Crippen LogP contribution in [0.2, 0.25) is 0 Å². The molecular formula is C50H44O7. The zero-order valence-corrected chi connectivity index (χ0v) is 31.8. The zero-order chi connectivity index (χ0) is 39.8. The van der Waals surface area contributed by atoms with Crippen molar-refractivity contribution in [2.45, 2.75) is 44.3 Å². The van der Waals surface area contributed by atoms with E-state index in [4.69, 9.17) is 14.2 Å². The highest BCUT2D eigenvalue weighted by Crippen LogP contribution is 2.41. The highest BCUT2D eigenvalue weighted by Gasteiger charge is 2.46. The van der Waals surface area contributed by atoms with Gasteiger partial charge in [-0.1, -0.05) is 127 Å². The van der Waals surface area contributed by atoms with Gasteiger partial charge in [0.15, 0.2) is 0 Å². The Morgan fingerprint density at radius 2 is 1.14 bits per heavy atom. The van der Waals surface area contributed by atoms with Crippen molar-refractivity contribution in [3.05, 3.63) is 181 Å². The Bertz CT molecular complexity index is 2230. The second kappa shape index (κ2) is 20.2. The van der Waals surface area contributed by atoms with Crippen molar-refractivity contribution in [1.82, 2.24) is 0 Å². The van der Waals surface area contributed by atoms with E-state index in [0.29, 0.717) is 42.4 Å². The molecule has 0 heterocycles. The molecule has 0 saturated heterocycles. The lowest BCUT2D eigenvalue weighted by Crippen LogP contribution is -2.26. The summed E-state index contributed by atoms with van der Waals surface area (Å²) in [5.74, 6) is 3.04. The van der Waals surface area contributed by atoms with Crippen molar-refractivity contribution >= 4 is 23.7 Å². The molecule has 0 unspecified atom stereocenters. The van der Waals surface area contributed by atoms with Crippen molar-refractivity contribution in [1.29, 1.82) is 0 Å². The van der Waals surface area contributed by atoms with Crippen LogP contribution in [0.25, 0.3) is 22.3 Å². The van der Waals surface area contributed by atoms with E-state index in [2.05, 4.69) is 11.8 Å². The smallest absolute Gasteiger partial charge is 0.338 e. The minimum Gasteiger partial charge on any atom is -0.469 e. The van der Waals surface area contributed by atoms with Gasteiger partial charge in [-0.25, -0.2) is 9.59 Å². The molecule has 57 heavy (non-hydrogen) atoms. The third-order valence-corrected chi connectivity index (χ3v) is 9.97. The normalized spacial score (nSPS) is 17.4. The average Bonchev–Trinajstić information content (AvgIpc) is 3.58. The van der Waals surface area contributed by atoms with Crippen LogP contribution in [0, 0.1) is 23.7 Å². The van der Waals surface area contributed by atoms with Crippen LogP contribution in [0.1, 0.15) is 58.4 Å². The summed E-state index contributed by atoms with van der Waals surface area (Å²) in [6.45, 7) is 0. The van der Waals surface area contributed by atoms with Gasteiger partial charge < -0.3 is 14.2 Å². The first-order valence-corrected chi connectivity index (χ1v) is 19.1. The lowest BCUT2D eigenvalue weighted by atomic mass is 9.89. The predicted octanol–water partition coefficient (Wildman–Crippen LogP) is 9.87. The SMILES string of the molecule is COC(=O)CCC/C=C\C[C@@H]1[C@@H](/C=C/C(=O)C#Cc2ccccc2)[C@H](OC(=O)c2ccc(-c3ccccc3)cc2)C[C@@H]1OC(=O)c1ccc(-c2ccccc2)cc1. The molecule has 0 radical (unpaired) electrons. The molecule has 1 fully saturated rings. The van der Waals surface area contributed by atoms with Gasteiger partial charge >= 0.3 is 17.9 Å². The summed E-state index contributed by atoms with van der Waals surface area (Å²) in [4.78, 5) is 52.1. The standard InChI is InChI=1S/C50H44O7/c1-55-48(52)22-14-3-2-13-21-44-45(34-33-43(51)32-23-36-15-7-4-8-16-36)47(57-50(54)42-30-26-40(27-31-42)38-19-11-6-12-20-38)35-46(44)56-49(53)41-28-24-39(25-29-41)37-17-9-5-10-18-37/h2,4-13,15-20,24-31,33-34,44-47H,3,14,21-22,35H2,1H3/b13-2-,34-33+/t44-,45-,46+,47-/m1/s1. The van der Waals surface area contributed by atoms with Gasteiger partial charge in [-0.2, -0.15) is 0 Å². The van der Waals surface area contributed by atoms with Gasteiger partial charge in [-0.05, 0) is 89.9 Å². The fourth-order valence-corrected chi connectivity index (χ4v) is 6.92. The number of ether oxygens (including phenoxy) is 3. The van der Waals surface area contributed by atoms with E-state index in [1.165, 1.54) is 13.2 Å². The maximum absolute atomic E-state index is 13.7. The molecule has 4 atom stereocenters. The first-order chi connectivity index (χ1) is 27.9. The highest BCUT2D eigenvalue weighted by atomic mass is 16.6. The summed E-state index contributed by atoms with van der Waals surface area (Å²) in [6.07, 6.45) is 8.00. The van der Waals surface area contributed by atoms with E-state index in [-0.39, 0.29) is 18.3 Å². The van der Waals surface area contributed by atoms with E-state index in [9.17, 15) is 19.2 Å². The van der Waals surface area contributed by atoms with Gasteiger partial charge in [-0.15, -0.1) is 0 Å². The molecule has 0 amide bonds. The van der Waals surface area contributed by atoms with Crippen molar-refractivity contribution in [3.8, 4) is 34.1 Å². The van der Waals surface area contributed by atoms with Crippen LogP contribution >= 0.6 is 0 Å². The molecule has 7 heteroatoms. The van der Waals surface area contributed by atoms with Gasteiger partial charge in [0, 0.05) is 30.2 Å². The van der Waals surface area contributed by atoms with Crippen molar-refractivity contribution in [2.24, 2.45) is 11.8 Å². The quantitative estimate of drug-likeness (QED) is 0.0278. The molecule has 286 valence electrons. The number of allylic oxidation sites excluding steroid dienone is 3. The van der Waals surface area contributed by atoms with E-state index in [0.717, 1.165) is 22.3 Å². The molecule has 0 aromatic heterocycles. The van der Waals surface area contributed by atoms with Gasteiger partial charge in [0.2, 0.25) is 5.78 Å². The third-order valence-electron chi connectivity index (χ3n) is 9.97. The Morgan fingerprint density at radius 1 is 0.632 bits per heavy atom. The summed E-state index contributed by atoms with van der Waals surface area (Å²) in [6, 6.07) is 43.5. The minimum absolute atomic E-state index is 0.224. The van der Waals surface area contributed by atoms with E-state index < -0.39 is 35.8 Å². The number of hydrogen-bond donors (Lipinski definition) is 0. The molecular weight excluding hydrogens is 713 g/mol. The summed E-state index contributed by atoms with van der Waals surface area (Å²) >= 11 is 0. The maximum Gasteiger partial charge on any atom is 0.338 e. The monoisotopic (exact) mass is 756 g/mol. The van der Waals surface area contributed by atoms with Crippen molar-refractivity contribution < 1.29 is 33.4 Å². The Labute approximate surface area is 334 Å². The number of ketones is 1. The Kier molecular flexibility index (Phi) is 14.2. The van der Waals surface area contributed by atoms with Gasteiger partial charge in [0.05, 0.1) is 18.2 Å². The molecule has 5 aromatic rings. The van der Waals surface area contributed by atoms with E-state index in [1.807, 2.05) is 127 Å². The number of carbonyl (C=O) groups is 4. The van der Waals surface area contributed by atoms with Gasteiger partial charge in [0.25, 0.3) is 0 Å². The number of unbranched alkanes of at least 4 members (excludes halogenated alkanes) is 1. The molecule has 1 aliphatic carbocycles. The van der Waals surface area contributed by atoms with E-state index >= 15 is 0 Å². The second-order valence-electron chi connectivity index (χ2n) is 13.8. The molecule has 6 rings (SSSR count). The molecule has 0 spiro atoms. The summed E-state index contributed by atoms with van der Waals surface area (Å²) in [5.41, 5.74) is 5.47. The Hall–Kier alpha value is -6.78. The maximum atomic E-state index is 13.7. The molecule has 0 bridgehead atoms. The van der Waals surface area contributed by atoms with E-state index in [1.54, 1.807) is 30.3 Å². The molecule has 5 aromatic carbocycles. The van der Waals surface area contributed by atoms with Crippen LogP contribution in [-0.2, 0) is 23.8 Å². The first-order valence-electron chi connectivity index (χ1n) is 19.1. The minimum atomic E-state index is -0.714. The topological polar surface area (TPSA) is 96.0 Å². The molecule has 1 saturated carbocycles. The van der Waals surface area contributed by atoms with Crippen LogP contribution in [-0.4, -0.2) is 43.0 Å². The number of benzene rings is 5. The predicted molar refractivity (Wildman–Crippen MR) is 221 cm³/mol. The second-order valence-corrected chi connectivity index (χ2v) is 13.8. The lowest BCUT2D eigenvalue weighted by Gasteiger charge is -2.23. The number of rotatable bonds is 14. The Morgan fingerprint density at radius 3 is 1.68 bits per heavy atom. The number of hydrogen-bond acceptors (Lipinski definition) is 7. The molecule has 1 aliphatic rings. The fraction of sp³-hybridized carbons (Fsp3) is 0.200.